The van der Waals surface area contributed by atoms with Crippen molar-refractivity contribution in [3.8, 4) is 17.2 Å². The predicted molar refractivity (Wildman–Crippen MR) is 132 cm³/mol. The van der Waals surface area contributed by atoms with Crippen molar-refractivity contribution in [3.05, 3.63) is 47.5 Å². The second-order valence-corrected chi connectivity index (χ2v) is 9.69. The molecule has 0 aliphatic carbocycles. The van der Waals surface area contributed by atoms with Crippen LogP contribution in [-0.2, 0) is 4.79 Å². The Morgan fingerprint density at radius 1 is 1.00 bits per heavy atom. The Labute approximate surface area is 206 Å². The van der Waals surface area contributed by atoms with Crippen LogP contribution in [0.25, 0.3) is 0 Å². The van der Waals surface area contributed by atoms with E-state index < -0.39 is 0 Å². The standard InChI is InChI=1S/C27H33N3O5/c1-17-4-6-23-22(14-17)30(16-18(2)35-23)27(32)29-10-8-20(9-11-29)26(31)28-19(3)21-5-7-24-25(15-21)34-13-12-33-24/h4-7,14-15,18-20H,8-13,16H2,1-3H3,(H,28,31)/t18-,19+/m1/s1. The minimum atomic E-state index is -0.146. The van der Waals surface area contributed by atoms with E-state index >= 15 is 0 Å². The number of rotatable bonds is 3. The molecule has 0 spiro atoms. The van der Waals surface area contributed by atoms with E-state index in [1.807, 2.05) is 67.0 Å². The van der Waals surface area contributed by atoms with Crippen molar-refractivity contribution in [1.82, 2.24) is 10.2 Å². The van der Waals surface area contributed by atoms with Crippen molar-refractivity contribution in [2.45, 2.75) is 45.8 Å². The third kappa shape index (κ3) is 4.88. The number of carbonyl (C=O) groups excluding carboxylic acids is 2. The molecule has 3 heterocycles. The molecule has 1 saturated heterocycles. The van der Waals surface area contributed by atoms with E-state index in [9.17, 15) is 9.59 Å². The summed E-state index contributed by atoms with van der Waals surface area (Å²) in [5.41, 5.74) is 2.88. The predicted octanol–water partition coefficient (Wildman–Crippen LogP) is 4.06. The van der Waals surface area contributed by atoms with Crippen molar-refractivity contribution in [2.24, 2.45) is 5.92 Å². The number of carbonyl (C=O) groups is 2. The molecule has 35 heavy (non-hydrogen) atoms. The third-order valence-electron chi connectivity index (χ3n) is 6.97. The summed E-state index contributed by atoms with van der Waals surface area (Å²) in [7, 11) is 0. The van der Waals surface area contributed by atoms with Crippen molar-refractivity contribution < 1.29 is 23.8 Å². The number of benzene rings is 2. The zero-order valence-electron chi connectivity index (χ0n) is 20.6. The molecule has 3 amide bonds. The fourth-order valence-corrected chi connectivity index (χ4v) is 4.98. The first-order valence-electron chi connectivity index (χ1n) is 12.4. The van der Waals surface area contributed by atoms with Crippen LogP contribution in [0.4, 0.5) is 10.5 Å². The minimum absolute atomic E-state index is 0.0181. The molecule has 2 aromatic carbocycles. The van der Waals surface area contributed by atoms with Crippen molar-refractivity contribution in [3.63, 3.8) is 0 Å². The second-order valence-electron chi connectivity index (χ2n) is 9.69. The van der Waals surface area contributed by atoms with Gasteiger partial charge in [0, 0.05) is 19.0 Å². The smallest absolute Gasteiger partial charge is 0.324 e. The van der Waals surface area contributed by atoms with Gasteiger partial charge in [0.25, 0.3) is 0 Å². The number of nitrogens with zero attached hydrogens (tertiary/aromatic N) is 2. The van der Waals surface area contributed by atoms with E-state index in [-0.39, 0.29) is 30.0 Å². The minimum Gasteiger partial charge on any atom is -0.487 e. The van der Waals surface area contributed by atoms with Gasteiger partial charge in [0.2, 0.25) is 5.91 Å². The highest BCUT2D eigenvalue weighted by atomic mass is 16.6. The van der Waals surface area contributed by atoms with Crippen LogP contribution in [0.1, 0.15) is 43.9 Å². The van der Waals surface area contributed by atoms with Crippen molar-refractivity contribution >= 4 is 17.6 Å². The highest BCUT2D eigenvalue weighted by Gasteiger charge is 2.34. The quantitative estimate of drug-likeness (QED) is 0.718. The third-order valence-corrected chi connectivity index (χ3v) is 6.97. The van der Waals surface area contributed by atoms with Gasteiger partial charge >= 0.3 is 6.03 Å². The van der Waals surface area contributed by atoms with Gasteiger partial charge in [-0.15, -0.1) is 0 Å². The summed E-state index contributed by atoms with van der Waals surface area (Å²) in [5.74, 6) is 2.11. The summed E-state index contributed by atoms with van der Waals surface area (Å²) < 4.78 is 17.2. The summed E-state index contributed by atoms with van der Waals surface area (Å²) in [6, 6.07) is 11.5. The van der Waals surface area contributed by atoms with Crippen LogP contribution >= 0.6 is 0 Å². The largest absolute Gasteiger partial charge is 0.487 e. The van der Waals surface area contributed by atoms with Gasteiger partial charge in [0.15, 0.2) is 11.5 Å². The Balaban J connectivity index is 1.18. The van der Waals surface area contributed by atoms with Crippen LogP contribution in [0, 0.1) is 12.8 Å². The molecule has 3 aliphatic rings. The SMILES string of the molecule is Cc1ccc2c(c1)N(C(=O)N1CCC(C(=O)N[C@@H](C)c3ccc4c(c3)OCCO4)CC1)C[C@@H](C)O2. The second kappa shape index (κ2) is 9.68. The molecule has 8 nitrogen and oxygen atoms in total. The number of aryl methyl sites for hydroxylation is 1. The van der Waals surface area contributed by atoms with Gasteiger partial charge in [0.1, 0.15) is 25.1 Å². The van der Waals surface area contributed by atoms with Crippen molar-refractivity contribution in [1.29, 1.82) is 0 Å². The number of amides is 3. The zero-order valence-corrected chi connectivity index (χ0v) is 20.6. The maximum atomic E-state index is 13.4. The first-order chi connectivity index (χ1) is 16.9. The van der Waals surface area contributed by atoms with Gasteiger partial charge in [-0.25, -0.2) is 4.79 Å². The van der Waals surface area contributed by atoms with Crippen LogP contribution in [0.2, 0.25) is 0 Å². The average molecular weight is 480 g/mol. The molecule has 1 N–H and O–H groups in total. The molecule has 5 rings (SSSR count). The highest BCUT2D eigenvalue weighted by Crippen LogP contribution is 2.36. The molecule has 1 fully saturated rings. The van der Waals surface area contributed by atoms with Gasteiger partial charge < -0.3 is 24.4 Å². The molecule has 0 unspecified atom stereocenters. The summed E-state index contributed by atoms with van der Waals surface area (Å²) >= 11 is 0. The number of likely N-dealkylation sites (tertiary alicyclic amines) is 1. The zero-order chi connectivity index (χ0) is 24.5. The normalized spacial score (nSPS) is 20.5. The highest BCUT2D eigenvalue weighted by molar-refractivity contribution is 5.94. The van der Waals surface area contributed by atoms with Gasteiger partial charge in [-0.3, -0.25) is 9.69 Å². The summed E-state index contributed by atoms with van der Waals surface area (Å²) in [6.07, 6.45) is 1.22. The maximum absolute atomic E-state index is 13.4. The lowest BCUT2D eigenvalue weighted by Gasteiger charge is -2.39. The molecule has 2 aromatic rings. The molecule has 0 radical (unpaired) electrons. The Hall–Kier alpha value is -3.42. The number of hydrogen-bond acceptors (Lipinski definition) is 5. The van der Waals surface area contributed by atoms with E-state index in [4.69, 9.17) is 14.2 Å². The molecule has 186 valence electrons. The van der Waals surface area contributed by atoms with Crippen molar-refractivity contribution in [2.75, 3.05) is 37.7 Å². The van der Waals surface area contributed by atoms with Crippen LogP contribution in [0.15, 0.2) is 36.4 Å². The van der Waals surface area contributed by atoms with E-state index in [2.05, 4.69) is 5.32 Å². The molecule has 0 bridgehead atoms. The number of piperidine rings is 1. The lowest BCUT2D eigenvalue weighted by molar-refractivity contribution is -0.126. The van der Waals surface area contributed by atoms with E-state index in [0.717, 1.165) is 34.1 Å². The van der Waals surface area contributed by atoms with Gasteiger partial charge in [-0.05, 0) is 69.0 Å². The van der Waals surface area contributed by atoms with Crippen LogP contribution in [-0.4, -0.2) is 55.8 Å². The monoisotopic (exact) mass is 479 g/mol. The first kappa shape index (κ1) is 23.3. The average Bonchev–Trinajstić information content (AvgIpc) is 2.87. The van der Waals surface area contributed by atoms with E-state index in [1.54, 1.807) is 0 Å². The first-order valence-corrected chi connectivity index (χ1v) is 12.4. The molecule has 8 heteroatoms. The lowest BCUT2D eigenvalue weighted by atomic mass is 9.95. The number of anilines is 1. The number of nitrogens with one attached hydrogen (secondary N) is 1. The molecule has 3 aliphatic heterocycles. The summed E-state index contributed by atoms with van der Waals surface area (Å²) in [5, 5.41) is 3.14. The van der Waals surface area contributed by atoms with E-state index in [1.165, 1.54) is 0 Å². The molecule has 0 saturated carbocycles. The van der Waals surface area contributed by atoms with Gasteiger partial charge in [0.05, 0.1) is 18.3 Å². The number of fused-ring (bicyclic) bond motifs is 2. The van der Waals surface area contributed by atoms with Crippen LogP contribution < -0.4 is 24.4 Å². The maximum Gasteiger partial charge on any atom is 0.324 e. The molecular weight excluding hydrogens is 446 g/mol. The topological polar surface area (TPSA) is 80.3 Å². The van der Waals surface area contributed by atoms with Gasteiger partial charge in [-0.2, -0.15) is 0 Å². The lowest BCUT2D eigenvalue weighted by Crippen LogP contribution is -2.52. The van der Waals surface area contributed by atoms with Gasteiger partial charge in [-0.1, -0.05) is 12.1 Å². The molecule has 0 aromatic heterocycles. The molecule has 2 atom stereocenters. The van der Waals surface area contributed by atoms with E-state index in [0.29, 0.717) is 45.7 Å². The molecular formula is C27H33N3O5. The summed E-state index contributed by atoms with van der Waals surface area (Å²) in [4.78, 5) is 30.1. The Morgan fingerprint density at radius 2 is 1.71 bits per heavy atom. The Kier molecular flexibility index (Phi) is 6.45. The number of urea groups is 1. The van der Waals surface area contributed by atoms with Crippen LogP contribution in [0.3, 0.4) is 0 Å². The fourth-order valence-electron chi connectivity index (χ4n) is 4.98. The Morgan fingerprint density at radius 3 is 2.49 bits per heavy atom. The fraction of sp³-hybridized carbons (Fsp3) is 0.481. The van der Waals surface area contributed by atoms with Crippen LogP contribution in [0.5, 0.6) is 17.2 Å². The number of ether oxygens (including phenoxy) is 3. The summed E-state index contributed by atoms with van der Waals surface area (Å²) in [6.45, 7) is 8.67. The number of hydrogen-bond donors (Lipinski definition) is 1. The Bertz CT molecular complexity index is 1110.